The summed E-state index contributed by atoms with van der Waals surface area (Å²) in [5.74, 6) is -1.02. The summed E-state index contributed by atoms with van der Waals surface area (Å²) in [7, 11) is -4.75. The fraction of sp³-hybridized carbons (Fsp3) is 0.500. The number of rotatable bonds is 6. The van der Waals surface area contributed by atoms with Crippen molar-refractivity contribution in [2.24, 2.45) is 5.73 Å². The molecule has 3 rings (SSSR count). The summed E-state index contributed by atoms with van der Waals surface area (Å²) in [6, 6.07) is 0. The minimum atomic E-state index is -4.75. The van der Waals surface area contributed by atoms with Gasteiger partial charge >= 0.3 is 13.8 Å². The summed E-state index contributed by atoms with van der Waals surface area (Å²) < 4.78 is 27.3. The number of fused-ring (bicyclic) bond motifs is 1. The van der Waals surface area contributed by atoms with Crippen molar-refractivity contribution in [1.82, 2.24) is 19.5 Å². The number of phosphoric acid groups is 1. The summed E-state index contributed by atoms with van der Waals surface area (Å²) >= 11 is 0. The fourth-order valence-corrected chi connectivity index (χ4v) is 3.23. The molecule has 148 valence electrons. The number of nitrogens with two attached hydrogens (primary N) is 2. The van der Waals surface area contributed by atoms with E-state index in [-0.39, 0.29) is 17.0 Å². The number of hydrogen-bond donors (Lipinski definition) is 5. The molecule has 1 aliphatic heterocycles. The number of nitrogens with zero attached hydrogens (tertiary/aromatic N) is 4. The Kier molecular flexibility index (Phi) is 5.39. The maximum absolute atomic E-state index is 11.6. The van der Waals surface area contributed by atoms with Gasteiger partial charge in [0.15, 0.2) is 17.7 Å². The molecule has 5 atom stereocenters. The van der Waals surface area contributed by atoms with Crippen molar-refractivity contribution in [3.63, 3.8) is 0 Å². The van der Waals surface area contributed by atoms with Gasteiger partial charge in [0.2, 0.25) is 0 Å². The molecule has 2 aromatic rings. The van der Waals surface area contributed by atoms with E-state index in [1.54, 1.807) is 0 Å². The molecule has 15 heteroatoms. The van der Waals surface area contributed by atoms with E-state index in [0.29, 0.717) is 0 Å². The number of imidazole rings is 1. The molecule has 1 unspecified atom stereocenters. The zero-order valence-electron chi connectivity index (χ0n) is 13.7. The molecule has 7 N–H and O–H groups in total. The molecular formula is C12H17N6O8P. The van der Waals surface area contributed by atoms with E-state index in [4.69, 9.17) is 16.2 Å². The third-order valence-electron chi connectivity index (χ3n) is 3.78. The summed E-state index contributed by atoms with van der Waals surface area (Å²) in [6.07, 6.45) is -2.76. The first-order valence-electron chi connectivity index (χ1n) is 7.58. The van der Waals surface area contributed by atoms with Crippen LogP contribution in [0.2, 0.25) is 0 Å². The van der Waals surface area contributed by atoms with Gasteiger partial charge in [-0.2, -0.15) is 0 Å². The predicted octanol–water partition coefficient (Wildman–Crippen LogP) is -2.35. The van der Waals surface area contributed by atoms with Crippen LogP contribution in [0.3, 0.4) is 0 Å². The number of ether oxygens (including phenoxy) is 1. The minimum absolute atomic E-state index is 0.120. The lowest BCUT2D eigenvalue weighted by molar-refractivity contribution is -0.134. The highest BCUT2D eigenvalue weighted by Gasteiger charge is 2.45. The van der Waals surface area contributed by atoms with Crippen molar-refractivity contribution < 1.29 is 38.3 Å². The van der Waals surface area contributed by atoms with E-state index in [0.717, 1.165) is 0 Å². The smallest absolute Gasteiger partial charge is 0.387 e. The monoisotopic (exact) mass is 404 g/mol. The van der Waals surface area contributed by atoms with Gasteiger partial charge in [0.05, 0.1) is 19.5 Å². The topological polar surface area (TPSA) is 218 Å². The normalized spacial score (nSPS) is 27.6. The molecule has 0 aliphatic carbocycles. The molecule has 27 heavy (non-hydrogen) atoms. The molecule has 3 heterocycles. The van der Waals surface area contributed by atoms with Crippen LogP contribution < -0.4 is 11.5 Å². The largest absolute Gasteiger partial charge is 0.529 e. The fourth-order valence-electron chi connectivity index (χ4n) is 2.51. The zero-order chi connectivity index (χ0) is 19.8. The first-order chi connectivity index (χ1) is 12.7. The Morgan fingerprint density at radius 2 is 2.07 bits per heavy atom. The maximum atomic E-state index is 11.6. The number of phosphoric ester groups is 1. The first-order valence-corrected chi connectivity index (χ1v) is 9.07. The van der Waals surface area contributed by atoms with Crippen molar-refractivity contribution in [2.45, 2.75) is 24.5 Å². The van der Waals surface area contributed by atoms with Gasteiger partial charge in [0, 0.05) is 0 Å². The van der Waals surface area contributed by atoms with Crippen molar-refractivity contribution >= 4 is 30.8 Å². The highest BCUT2D eigenvalue weighted by molar-refractivity contribution is 7.48. The average molecular weight is 404 g/mol. The maximum Gasteiger partial charge on any atom is 0.529 e. The van der Waals surface area contributed by atoms with E-state index >= 15 is 0 Å². The Hall–Kier alpha value is -2.19. The van der Waals surface area contributed by atoms with Crippen LogP contribution >= 0.6 is 7.82 Å². The zero-order valence-corrected chi connectivity index (χ0v) is 14.5. The summed E-state index contributed by atoms with van der Waals surface area (Å²) in [5, 5.41) is 20.4. The van der Waals surface area contributed by atoms with Gasteiger partial charge in [-0.3, -0.25) is 18.8 Å². The van der Waals surface area contributed by atoms with Crippen molar-refractivity contribution in [2.75, 3.05) is 18.9 Å². The number of aliphatic hydroxyl groups is 2. The van der Waals surface area contributed by atoms with Crippen molar-refractivity contribution in [3.8, 4) is 0 Å². The molecule has 1 fully saturated rings. The van der Waals surface area contributed by atoms with E-state index in [9.17, 15) is 24.5 Å². The van der Waals surface area contributed by atoms with Crippen molar-refractivity contribution in [3.05, 3.63) is 12.7 Å². The number of nitrogen functional groups attached to an aromatic ring is 1. The molecule has 0 radical (unpaired) electrons. The lowest BCUT2D eigenvalue weighted by Gasteiger charge is -2.17. The number of carbonyl (C=O) groups is 1. The summed E-state index contributed by atoms with van der Waals surface area (Å²) in [4.78, 5) is 32.3. The molecule has 0 spiro atoms. The second-order valence-electron chi connectivity index (χ2n) is 5.56. The highest BCUT2D eigenvalue weighted by Crippen LogP contribution is 2.44. The Morgan fingerprint density at radius 1 is 1.33 bits per heavy atom. The highest BCUT2D eigenvalue weighted by atomic mass is 31.2. The Morgan fingerprint density at radius 3 is 2.78 bits per heavy atom. The number of anilines is 1. The van der Waals surface area contributed by atoms with Gasteiger partial charge in [-0.15, -0.1) is 0 Å². The number of carbonyl (C=O) groups excluding carboxylic acids is 1. The average Bonchev–Trinajstić information content (AvgIpc) is 3.16. The van der Waals surface area contributed by atoms with Crippen LogP contribution in [0.5, 0.6) is 0 Å². The second kappa shape index (κ2) is 7.44. The van der Waals surface area contributed by atoms with Gasteiger partial charge in [-0.05, 0) is 0 Å². The minimum Gasteiger partial charge on any atom is -0.387 e. The van der Waals surface area contributed by atoms with E-state index in [2.05, 4.69) is 24.0 Å². The summed E-state index contributed by atoms with van der Waals surface area (Å²) in [5.41, 5.74) is 11.2. The third kappa shape index (κ3) is 3.91. The molecular weight excluding hydrogens is 387 g/mol. The van der Waals surface area contributed by atoms with Crippen LogP contribution in [0.25, 0.3) is 11.2 Å². The Balaban J connectivity index is 1.73. The van der Waals surface area contributed by atoms with Crippen LogP contribution in [-0.2, 0) is 23.1 Å². The van der Waals surface area contributed by atoms with Crippen LogP contribution in [-0.4, -0.2) is 72.1 Å². The van der Waals surface area contributed by atoms with Gasteiger partial charge in [0.1, 0.15) is 30.2 Å². The van der Waals surface area contributed by atoms with Crippen LogP contribution in [0, 0.1) is 0 Å². The number of aliphatic hydroxyl groups excluding tert-OH is 2. The van der Waals surface area contributed by atoms with E-state index in [1.165, 1.54) is 17.2 Å². The predicted molar refractivity (Wildman–Crippen MR) is 86.6 cm³/mol. The molecule has 0 saturated carbocycles. The van der Waals surface area contributed by atoms with Gasteiger partial charge in [0.25, 0.3) is 0 Å². The third-order valence-corrected chi connectivity index (χ3v) is 4.69. The lowest BCUT2D eigenvalue weighted by Crippen LogP contribution is -2.33. The molecule has 2 aromatic heterocycles. The van der Waals surface area contributed by atoms with E-state index in [1.807, 2.05) is 0 Å². The summed E-state index contributed by atoms with van der Waals surface area (Å²) in [6.45, 7) is -1.26. The number of aromatic nitrogens is 4. The molecule has 14 nitrogen and oxygen atoms in total. The first kappa shape index (κ1) is 19.6. The van der Waals surface area contributed by atoms with Crippen molar-refractivity contribution in [1.29, 1.82) is 0 Å². The van der Waals surface area contributed by atoms with Gasteiger partial charge in [-0.25, -0.2) is 19.5 Å². The standard InChI is InChI=1S/C12H17N6O8P/c13-1-6(19)26-27(22,23)24-2-5-8(20)9(21)12(25-5)18-4-17-7-10(14)15-3-16-11(7)18/h3-5,8-9,12,20-21H,1-2,13H2,(H,22,23)(H2,14,15,16)/t5-,8-,9-,12-/m1/s1. The van der Waals surface area contributed by atoms with Crippen LogP contribution in [0.15, 0.2) is 12.7 Å². The Labute approximate surface area is 151 Å². The molecule has 1 aliphatic rings. The SMILES string of the molecule is NCC(=O)OP(=O)(O)OC[C@H]1O[C@@H](n2cnc3c(N)ncnc32)[C@H](O)[C@@H]1O. The van der Waals surface area contributed by atoms with Crippen LogP contribution in [0.4, 0.5) is 5.82 Å². The number of hydrogen-bond acceptors (Lipinski definition) is 12. The van der Waals surface area contributed by atoms with Gasteiger partial charge < -0.3 is 30.9 Å². The molecule has 0 aromatic carbocycles. The molecule has 0 amide bonds. The molecule has 0 bridgehead atoms. The van der Waals surface area contributed by atoms with Crippen LogP contribution in [0.1, 0.15) is 6.23 Å². The quantitative estimate of drug-likeness (QED) is 0.319. The second-order valence-corrected chi connectivity index (χ2v) is 6.94. The van der Waals surface area contributed by atoms with E-state index < -0.39 is 51.5 Å². The molecule has 1 saturated heterocycles. The Bertz CT molecular complexity index is 892. The van der Waals surface area contributed by atoms with Gasteiger partial charge in [-0.1, -0.05) is 0 Å². The lowest BCUT2D eigenvalue weighted by atomic mass is 10.1.